The molecule has 0 aliphatic carbocycles. The van der Waals surface area contributed by atoms with Gasteiger partial charge in [-0.3, -0.25) is 0 Å². The van der Waals surface area contributed by atoms with Crippen molar-refractivity contribution in [3.8, 4) is 0 Å². The van der Waals surface area contributed by atoms with Crippen LogP contribution in [0.2, 0.25) is 0 Å². The molecule has 0 fully saturated rings. The molecule has 1 unspecified atom stereocenters. The van der Waals surface area contributed by atoms with E-state index in [1.807, 2.05) is 19.9 Å². The number of hydrogen-bond acceptors (Lipinski definition) is 3. The highest BCUT2D eigenvalue weighted by Gasteiger charge is 2.40. The highest BCUT2D eigenvalue weighted by Crippen LogP contribution is 2.36. The number of allylic oxidation sites excluding steroid dienone is 5. The summed E-state index contributed by atoms with van der Waals surface area (Å²) in [5, 5.41) is 1.56. The third kappa shape index (κ3) is 7.94. The minimum absolute atomic E-state index is 0.122. The molecule has 2 nitrogen and oxygen atoms in total. The van der Waals surface area contributed by atoms with Crippen LogP contribution in [0.4, 0.5) is 17.6 Å². The first kappa shape index (κ1) is 23.5. The van der Waals surface area contributed by atoms with Gasteiger partial charge in [-0.05, 0) is 30.7 Å². The summed E-state index contributed by atoms with van der Waals surface area (Å²) in [5.74, 6) is -1.99. The number of aliphatic imine (C=N–C) groups is 1. The summed E-state index contributed by atoms with van der Waals surface area (Å²) < 4.78 is 58.5. The summed E-state index contributed by atoms with van der Waals surface area (Å²) in [5.41, 5.74) is -1.21. The van der Waals surface area contributed by atoms with Crippen LogP contribution in [0.15, 0.2) is 51.3 Å². The van der Waals surface area contributed by atoms with Gasteiger partial charge in [0.05, 0.1) is 12.8 Å². The van der Waals surface area contributed by atoms with Crippen molar-refractivity contribution in [2.24, 2.45) is 10.9 Å². The van der Waals surface area contributed by atoms with E-state index in [0.29, 0.717) is 10.6 Å². The fourth-order valence-corrected chi connectivity index (χ4v) is 2.47. The number of nitrogens with zero attached hydrogens (tertiary/aromatic N) is 1. The van der Waals surface area contributed by atoms with Gasteiger partial charge in [0, 0.05) is 4.91 Å². The lowest BCUT2D eigenvalue weighted by atomic mass is 10.1. The average Bonchev–Trinajstić information content (AvgIpc) is 2.52. The molecule has 0 heterocycles. The molecular formula is C18H25F4NOS. The number of thioether (sulfide) groups is 1. The minimum atomic E-state index is -4.92. The predicted molar refractivity (Wildman–Crippen MR) is 98.0 cm³/mol. The molecule has 0 spiro atoms. The zero-order chi connectivity index (χ0) is 19.6. The van der Waals surface area contributed by atoms with Crippen molar-refractivity contribution in [1.29, 1.82) is 0 Å². The smallest absolute Gasteiger partial charge is 0.424 e. The molecule has 0 amide bonds. The standard InChI is InChI=1S/C18H25F4NOS/c1-7-10-14(19)16(18(20,21)22)17(24-6)23-13(5)15(25-9-3)11-12(4)8-2/h9-12H,3,7-8H2,1-2,4-6H3/b14-10-,15-11-,17-16-,23-13-. The molecule has 0 aliphatic rings. The number of alkyl halides is 3. The van der Waals surface area contributed by atoms with Crippen LogP contribution in [-0.2, 0) is 4.74 Å². The fourth-order valence-electron chi connectivity index (χ4n) is 1.76. The van der Waals surface area contributed by atoms with E-state index < -0.39 is 23.5 Å². The maximum Gasteiger partial charge on any atom is 0.424 e. The summed E-state index contributed by atoms with van der Waals surface area (Å²) in [6.45, 7) is 10.7. The molecule has 0 radical (unpaired) electrons. The quantitative estimate of drug-likeness (QED) is 0.187. The first-order chi connectivity index (χ1) is 11.6. The molecule has 0 bridgehead atoms. The van der Waals surface area contributed by atoms with E-state index in [0.717, 1.165) is 19.6 Å². The normalized spacial score (nSPS) is 16.4. The van der Waals surface area contributed by atoms with Crippen molar-refractivity contribution >= 4 is 17.5 Å². The lowest BCUT2D eigenvalue weighted by Gasteiger charge is -2.14. The van der Waals surface area contributed by atoms with E-state index in [1.54, 1.807) is 19.3 Å². The molecule has 0 aromatic carbocycles. The Balaban J connectivity index is 6.28. The summed E-state index contributed by atoms with van der Waals surface area (Å²) >= 11 is 1.24. The SMILES string of the molecule is C=CSC(=C\C(C)CC)/C(C)=N\C(OC)=C(/C(F)=C/CC)C(F)(F)F. The van der Waals surface area contributed by atoms with E-state index in [2.05, 4.69) is 11.6 Å². The third-order valence-electron chi connectivity index (χ3n) is 3.23. The van der Waals surface area contributed by atoms with Gasteiger partial charge in [-0.1, -0.05) is 51.6 Å². The van der Waals surface area contributed by atoms with Gasteiger partial charge >= 0.3 is 6.18 Å². The van der Waals surface area contributed by atoms with Gasteiger partial charge in [0.2, 0.25) is 5.88 Å². The Morgan fingerprint density at radius 1 is 1.32 bits per heavy atom. The summed E-state index contributed by atoms with van der Waals surface area (Å²) in [7, 11) is 1.04. The lowest BCUT2D eigenvalue weighted by Crippen LogP contribution is -2.16. The monoisotopic (exact) mass is 379 g/mol. The van der Waals surface area contributed by atoms with Crippen LogP contribution in [-0.4, -0.2) is 19.0 Å². The molecule has 0 rings (SSSR count). The van der Waals surface area contributed by atoms with Gasteiger partial charge in [-0.15, -0.1) is 0 Å². The number of methoxy groups -OCH3 is 1. The maximum atomic E-state index is 14.0. The Morgan fingerprint density at radius 3 is 2.32 bits per heavy atom. The summed E-state index contributed by atoms with van der Waals surface area (Å²) in [4.78, 5) is 4.56. The van der Waals surface area contributed by atoms with E-state index in [1.165, 1.54) is 11.8 Å². The molecule has 142 valence electrons. The van der Waals surface area contributed by atoms with E-state index in [4.69, 9.17) is 4.74 Å². The lowest BCUT2D eigenvalue weighted by molar-refractivity contribution is -0.0944. The van der Waals surface area contributed by atoms with Gasteiger partial charge in [0.25, 0.3) is 0 Å². The highest BCUT2D eigenvalue weighted by molar-refractivity contribution is 8.06. The summed E-state index contributed by atoms with van der Waals surface area (Å²) in [6, 6.07) is 0. The largest absolute Gasteiger partial charge is 0.480 e. The molecule has 0 saturated heterocycles. The zero-order valence-corrected chi connectivity index (χ0v) is 16.0. The van der Waals surface area contributed by atoms with E-state index in [-0.39, 0.29) is 12.3 Å². The molecule has 0 aliphatic heterocycles. The van der Waals surface area contributed by atoms with Crippen LogP contribution in [0.3, 0.4) is 0 Å². The van der Waals surface area contributed by atoms with Crippen LogP contribution in [0, 0.1) is 5.92 Å². The van der Waals surface area contributed by atoms with Crippen molar-refractivity contribution in [3.63, 3.8) is 0 Å². The second kappa shape index (κ2) is 11.2. The topological polar surface area (TPSA) is 21.6 Å². The zero-order valence-electron chi connectivity index (χ0n) is 15.2. The Bertz CT molecular complexity index is 574. The second-order valence-corrected chi connectivity index (χ2v) is 6.25. The average molecular weight is 379 g/mol. The van der Waals surface area contributed by atoms with Crippen molar-refractivity contribution in [1.82, 2.24) is 0 Å². The van der Waals surface area contributed by atoms with Crippen LogP contribution < -0.4 is 0 Å². The van der Waals surface area contributed by atoms with Crippen molar-refractivity contribution in [2.45, 2.75) is 46.7 Å². The van der Waals surface area contributed by atoms with E-state index in [9.17, 15) is 17.6 Å². The minimum Gasteiger partial charge on any atom is -0.480 e. The molecule has 0 N–H and O–H groups in total. The first-order valence-electron chi connectivity index (χ1n) is 7.88. The van der Waals surface area contributed by atoms with E-state index >= 15 is 0 Å². The van der Waals surface area contributed by atoms with Gasteiger partial charge in [-0.2, -0.15) is 13.2 Å². The van der Waals surface area contributed by atoms with Crippen LogP contribution in [0.5, 0.6) is 0 Å². The number of rotatable bonds is 9. The number of hydrogen-bond donors (Lipinski definition) is 0. The van der Waals surface area contributed by atoms with Crippen molar-refractivity contribution in [3.05, 3.63) is 46.3 Å². The predicted octanol–water partition coefficient (Wildman–Crippen LogP) is 6.94. The summed E-state index contributed by atoms with van der Waals surface area (Å²) in [6.07, 6.45) is -1.19. The van der Waals surface area contributed by atoms with Gasteiger partial charge in [-0.25, -0.2) is 9.38 Å². The van der Waals surface area contributed by atoms with Gasteiger partial charge in [0.15, 0.2) is 5.57 Å². The maximum absolute atomic E-state index is 14.0. The third-order valence-corrected chi connectivity index (χ3v) is 4.08. The van der Waals surface area contributed by atoms with Gasteiger partial charge < -0.3 is 4.74 Å². The molecule has 0 aromatic rings. The van der Waals surface area contributed by atoms with Crippen LogP contribution in [0.1, 0.15) is 40.5 Å². The Kier molecular flexibility index (Phi) is 10.5. The Hall–Kier alpha value is -1.50. The molecule has 1 atom stereocenters. The Morgan fingerprint density at radius 2 is 1.92 bits per heavy atom. The molecule has 0 saturated carbocycles. The van der Waals surface area contributed by atoms with Crippen LogP contribution in [0.25, 0.3) is 0 Å². The van der Waals surface area contributed by atoms with Crippen molar-refractivity contribution < 1.29 is 22.3 Å². The molecular weight excluding hydrogens is 354 g/mol. The molecule has 7 heteroatoms. The van der Waals surface area contributed by atoms with Gasteiger partial charge in [0.1, 0.15) is 5.83 Å². The molecule has 0 aromatic heterocycles. The number of halogens is 4. The molecule has 25 heavy (non-hydrogen) atoms. The van der Waals surface area contributed by atoms with Crippen LogP contribution >= 0.6 is 11.8 Å². The fraction of sp³-hybridized carbons (Fsp3) is 0.500. The highest BCUT2D eigenvalue weighted by atomic mass is 32.2. The Labute approximate surface area is 151 Å². The number of ether oxygens (including phenoxy) is 1. The second-order valence-electron chi connectivity index (χ2n) is 5.24. The first-order valence-corrected chi connectivity index (χ1v) is 8.76. The van der Waals surface area contributed by atoms with Crippen molar-refractivity contribution in [2.75, 3.05) is 7.11 Å².